The van der Waals surface area contributed by atoms with E-state index in [4.69, 9.17) is 10.9 Å². The second kappa shape index (κ2) is 5.07. The zero-order chi connectivity index (χ0) is 14.0. The van der Waals surface area contributed by atoms with Gasteiger partial charge in [0.1, 0.15) is 5.75 Å². The van der Waals surface area contributed by atoms with E-state index in [0.717, 1.165) is 18.4 Å². The average Bonchev–Trinajstić information content (AvgIpc) is 3.26. The number of hydrogen-bond acceptors (Lipinski definition) is 5. The number of nitriles is 1. The molecular weight excluding hydrogens is 264 g/mol. The zero-order valence-corrected chi connectivity index (χ0v) is 11.3. The summed E-state index contributed by atoms with van der Waals surface area (Å²) >= 11 is -1.29. The molecule has 1 atom stereocenters. The van der Waals surface area contributed by atoms with E-state index in [2.05, 4.69) is 16.2 Å². The van der Waals surface area contributed by atoms with Gasteiger partial charge in [-0.3, -0.25) is 0 Å². The van der Waals surface area contributed by atoms with E-state index >= 15 is 0 Å². The maximum Gasteiger partial charge on any atom is 0.193 e. The molecule has 0 bridgehead atoms. The Hall–Kier alpha value is -1.78. The third-order valence-corrected chi connectivity index (χ3v) is 4.55. The Morgan fingerprint density at radius 3 is 2.89 bits per heavy atom. The summed E-state index contributed by atoms with van der Waals surface area (Å²) in [4.78, 5) is 4.53. The molecule has 0 amide bonds. The molecule has 0 unspecified atom stereocenters. The standard InChI is InChI=1S/C12H14N4O2S/c1-2-19(18)9-5-8(12(7-13)3-4-12)6-15-10(9)11(14)16-17/h5-6,17H,2-4H2,1H3,(H2,14,16)/t19-/m0/s1. The van der Waals surface area contributed by atoms with Gasteiger partial charge in [-0.15, -0.1) is 0 Å². The zero-order valence-electron chi connectivity index (χ0n) is 10.5. The molecule has 1 aliphatic carbocycles. The molecule has 1 saturated carbocycles. The summed E-state index contributed by atoms with van der Waals surface area (Å²) in [6.45, 7) is 1.77. The Morgan fingerprint density at radius 1 is 1.74 bits per heavy atom. The third-order valence-electron chi connectivity index (χ3n) is 3.23. The van der Waals surface area contributed by atoms with E-state index in [9.17, 15) is 9.81 Å². The molecule has 1 aromatic rings. The maximum absolute atomic E-state index is 12.0. The molecule has 6 nitrogen and oxygen atoms in total. The first kappa shape index (κ1) is 13.6. The molecule has 2 rings (SSSR count). The van der Waals surface area contributed by atoms with Crippen molar-refractivity contribution in [1.82, 2.24) is 4.98 Å². The highest BCUT2D eigenvalue weighted by molar-refractivity contribution is 7.91. The van der Waals surface area contributed by atoms with Crippen LogP contribution in [0.25, 0.3) is 0 Å². The van der Waals surface area contributed by atoms with Crippen LogP contribution in [0.4, 0.5) is 0 Å². The van der Waals surface area contributed by atoms with Crippen LogP contribution in [-0.4, -0.2) is 26.3 Å². The van der Waals surface area contributed by atoms with Crippen LogP contribution in [0, 0.1) is 11.3 Å². The fourth-order valence-corrected chi connectivity index (χ4v) is 2.81. The highest BCUT2D eigenvalue weighted by Gasteiger charge is 2.46. The fourth-order valence-electron chi connectivity index (χ4n) is 1.87. The Morgan fingerprint density at radius 2 is 2.42 bits per heavy atom. The lowest BCUT2D eigenvalue weighted by Gasteiger charge is -2.14. The molecule has 0 radical (unpaired) electrons. The van der Waals surface area contributed by atoms with Crippen molar-refractivity contribution in [2.24, 2.45) is 10.9 Å². The first-order valence-corrected chi connectivity index (χ1v) is 7.18. The topological polar surface area (TPSA) is 118 Å². The van der Waals surface area contributed by atoms with Crippen LogP contribution in [0.2, 0.25) is 0 Å². The fraction of sp³-hybridized carbons (Fsp3) is 0.417. The summed E-state index contributed by atoms with van der Waals surface area (Å²) in [6.07, 6.45) is 3.11. The van der Waals surface area contributed by atoms with Crippen LogP contribution < -0.4 is 5.73 Å². The summed E-state index contributed by atoms with van der Waals surface area (Å²) in [6, 6.07) is 3.96. The van der Waals surface area contributed by atoms with Gasteiger partial charge in [0.05, 0.1) is 11.5 Å². The van der Waals surface area contributed by atoms with Gasteiger partial charge >= 0.3 is 0 Å². The smallest absolute Gasteiger partial charge is 0.193 e. The van der Waals surface area contributed by atoms with Crippen LogP contribution >= 0.6 is 0 Å². The second-order valence-electron chi connectivity index (χ2n) is 4.38. The molecule has 1 fully saturated rings. The maximum atomic E-state index is 12.0. The first-order valence-electron chi connectivity index (χ1n) is 5.86. The van der Waals surface area contributed by atoms with Gasteiger partial charge in [-0.2, -0.15) is 5.26 Å². The molecule has 19 heavy (non-hydrogen) atoms. The number of nitrogens with zero attached hydrogens (tertiary/aromatic N) is 3. The van der Waals surface area contributed by atoms with Gasteiger partial charge in [0.15, 0.2) is 16.4 Å². The summed E-state index contributed by atoms with van der Waals surface area (Å²) < 4.78 is 12.0. The Balaban J connectivity index is 2.52. The average molecular weight is 278 g/mol. The second-order valence-corrected chi connectivity index (χ2v) is 6.09. The molecule has 0 saturated heterocycles. The van der Waals surface area contributed by atoms with Crippen molar-refractivity contribution in [3.8, 4) is 6.07 Å². The van der Waals surface area contributed by atoms with Crippen molar-refractivity contribution in [2.45, 2.75) is 30.1 Å². The number of rotatable bonds is 4. The van der Waals surface area contributed by atoms with Crippen molar-refractivity contribution >= 4 is 17.0 Å². The van der Waals surface area contributed by atoms with Gasteiger partial charge in [0.2, 0.25) is 0 Å². The summed E-state index contributed by atoms with van der Waals surface area (Å²) in [7, 11) is 0. The summed E-state index contributed by atoms with van der Waals surface area (Å²) in [5, 5.41) is 20.8. The van der Waals surface area contributed by atoms with E-state index in [0.29, 0.717) is 10.6 Å². The number of hydrogen-bond donors (Lipinski definition) is 2. The molecule has 1 aliphatic rings. The van der Waals surface area contributed by atoms with E-state index < -0.39 is 16.6 Å². The molecule has 100 valence electrons. The lowest BCUT2D eigenvalue weighted by molar-refractivity contribution is 0.318. The molecule has 1 heterocycles. The quantitative estimate of drug-likeness (QED) is 0.278. The lowest BCUT2D eigenvalue weighted by atomic mass is 9.99. The van der Waals surface area contributed by atoms with Gasteiger partial charge in [-0.25, -0.2) is 4.98 Å². The van der Waals surface area contributed by atoms with Gasteiger partial charge in [-0.05, 0) is 36.5 Å². The van der Waals surface area contributed by atoms with Gasteiger partial charge in [0, 0.05) is 12.3 Å². The van der Waals surface area contributed by atoms with E-state index in [1.54, 1.807) is 19.2 Å². The highest BCUT2D eigenvalue weighted by Crippen LogP contribution is 2.47. The Labute approximate surface area is 114 Å². The van der Waals surface area contributed by atoms with E-state index in [1.807, 2.05) is 0 Å². The van der Waals surface area contributed by atoms with Crippen LogP contribution in [0.1, 0.15) is 31.0 Å². The summed E-state index contributed by atoms with van der Waals surface area (Å²) in [5.74, 6) is 0.223. The van der Waals surface area contributed by atoms with Crippen molar-refractivity contribution in [2.75, 3.05) is 5.75 Å². The molecule has 7 heteroatoms. The molecule has 0 aromatic carbocycles. The number of oxime groups is 1. The van der Waals surface area contributed by atoms with Gasteiger partial charge < -0.3 is 15.5 Å². The number of amidine groups is 1. The predicted octanol–water partition coefficient (Wildman–Crippen LogP) is 0.859. The summed E-state index contributed by atoms with van der Waals surface area (Å²) in [5.41, 5.74) is 6.00. The van der Waals surface area contributed by atoms with Crippen LogP contribution in [-0.2, 0) is 16.6 Å². The van der Waals surface area contributed by atoms with Crippen molar-refractivity contribution in [1.29, 1.82) is 5.26 Å². The predicted molar refractivity (Wildman–Crippen MR) is 70.2 cm³/mol. The molecule has 0 aliphatic heterocycles. The van der Waals surface area contributed by atoms with E-state index in [1.165, 1.54) is 0 Å². The SMILES string of the molecule is CC[S@+]([O-])c1cc(C2(C#N)CC2)cnc1C(N)=NO. The largest absolute Gasteiger partial charge is 0.611 e. The van der Waals surface area contributed by atoms with Crippen LogP contribution in [0.3, 0.4) is 0 Å². The van der Waals surface area contributed by atoms with Crippen molar-refractivity contribution in [3.63, 3.8) is 0 Å². The van der Waals surface area contributed by atoms with Crippen molar-refractivity contribution in [3.05, 3.63) is 23.5 Å². The number of pyridine rings is 1. The van der Waals surface area contributed by atoms with Crippen LogP contribution in [0.5, 0.6) is 0 Å². The highest BCUT2D eigenvalue weighted by atomic mass is 32.2. The molecular formula is C12H14N4O2S. The monoisotopic (exact) mass is 278 g/mol. The first-order chi connectivity index (χ1) is 9.07. The molecule has 3 N–H and O–H groups in total. The minimum atomic E-state index is -1.29. The van der Waals surface area contributed by atoms with Crippen LogP contribution in [0.15, 0.2) is 22.3 Å². The molecule has 0 spiro atoms. The lowest BCUT2D eigenvalue weighted by Crippen LogP contribution is -2.21. The number of nitrogens with two attached hydrogens (primary N) is 1. The van der Waals surface area contributed by atoms with Gasteiger partial charge in [-0.1, -0.05) is 5.16 Å². The molecule has 1 aromatic heterocycles. The minimum Gasteiger partial charge on any atom is -0.611 e. The number of aromatic nitrogens is 1. The normalized spacial score (nSPS) is 18.7. The van der Waals surface area contributed by atoms with Gasteiger partial charge in [0.25, 0.3) is 0 Å². The van der Waals surface area contributed by atoms with Crippen molar-refractivity contribution < 1.29 is 9.76 Å². The minimum absolute atomic E-state index is 0.176. The Kier molecular flexibility index (Phi) is 3.64. The third kappa shape index (κ3) is 2.37. The van der Waals surface area contributed by atoms with E-state index in [-0.39, 0.29) is 11.5 Å². The Bertz CT molecular complexity index is 563.